The molecule has 0 radical (unpaired) electrons. The van der Waals surface area contributed by atoms with Crippen molar-refractivity contribution in [1.82, 2.24) is 5.43 Å². The van der Waals surface area contributed by atoms with Crippen LogP contribution in [0.25, 0.3) is 0 Å². The van der Waals surface area contributed by atoms with Crippen molar-refractivity contribution in [3.63, 3.8) is 0 Å². The van der Waals surface area contributed by atoms with E-state index in [0.29, 0.717) is 11.4 Å². The lowest BCUT2D eigenvalue weighted by molar-refractivity contribution is -0.384. The van der Waals surface area contributed by atoms with Gasteiger partial charge in [-0.05, 0) is 6.07 Å². The lowest BCUT2D eigenvalue weighted by Crippen LogP contribution is -2.33. The van der Waals surface area contributed by atoms with Crippen molar-refractivity contribution in [1.29, 1.82) is 0 Å². The molecule has 1 heterocycles. The highest BCUT2D eigenvalue weighted by molar-refractivity contribution is 5.96. The molecule has 6 nitrogen and oxygen atoms in total. The number of hydrogen-bond donors (Lipinski definition) is 1. The van der Waals surface area contributed by atoms with E-state index < -0.39 is 4.92 Å². The number of carbonyl (C=O) groups excluding carboxylic acids is 1. The van der Waals surface area contributed by atoms with E-state index in [4.69, 9.17) is 0 Å². The molecule has 0 atom stereocenters. The van der Waals surface area contributed by atoms with E-state index in [9.17, 15) is 14.9 Å². The van der Waals surface area contributed by atoms with Crippen LogP contribution in [0, 0.1) is 10.1 Å². The largest absolute Gasteiger partial charge is 0.296 e. The van der Waals surface area contributed by atoms with Gasteiger partial charge >= 0.3 is 0 Å². The number of benzene rings is 1. The average Bonchev–Trinajstić information content (AvgIpc) is 2.58. The van der Waals surface area contributed by atoms with Gasteiger partial charge in [-0.25, -0.2) is 5.01 Å². The maximum absolute atomic E-state index is 11.5. The molecule has 1 aromatic carbocycles. The van der Waals surface area contributed by atoms with Crippen LogP contribution in [0.2, 0.25) is 0 Å². The number of nitro benzene ring substituents is 1. The normalized spacial score (nSPS) is 15.1. The van der Waals surface area contributed by atoms with E-state index in [-0.39, 0.29) is 18.0 Å². The lowest BCUT2D eigenvalue weighted by atomic mass is 10.2. The average molecular weight is 219 g/mol. The van der Waals surface area contributed by atoms with Crippen molar-refractivity contribution >= 4 is 17.3 Å². The number of nitro groups is 1. The highest BCUT2D eigenvalue weighted by Gasteiger charge is 2.25. The maximum atomic E-state index is 11.5. The molecule has 1 fully saturated rings. The smallest absolute Gasteiger partial charge is 0.271 e. The van der Waals surface area contributed by atoms with Crippen molar-refractivity contribution in [2.75, 3.05) is 5.01 Å². The minimum Gasteiger partial charge on any atom is -0.296 e. The van der Waals surface area contributed by atoms with Crippen molar-refractivity contribution in [2.24, 2.45) is 0 Å². The Morgan fingerprint density at radius 1 is 1.50 bits per heavy atom. The number of amides is 1. The van der Waals surface area contributed by atoms with E-state index in [1.165, 1.54) is 23.2 Å². The quantitative estimate of drug-likeness (QED) is 0.601. The number of non-ortho nitro benzene ring substituents is 1. The van der Waals surface area contributed by atoms with Gasteiger partial charge in [0.1, 0.15) is 0 Å². The molecule has 0 aromatic heterocycles. The first-order valence-electron chi connectivity index (χ1n) is 4.60. The molecule has 0 spiro atoms. The standard InChI is InChI=1S/C10H9N3O3/c1-7-5-10(14)12(11-7)8-3-2-4-9(6-8)13(15)16/h2-4,6,11H,1,5H2. The van der Waals surface area contributed by atoms with Gasteiger partial charge in [0.2, 0.25) is 0 Å². The fraction of sp³-hybridized carbons (Fsp3) is 0.100. The monoisotopic (exact) mass is 219 g/mol. The van der Waals surface area contributed by atoms with Gasteiger partial charge in [0, 0.05) is 17.8 Å². The third kappa shape index (κ3) is 1.72. The first kappa shape index (κ1) is 10.2. The van der Waals surface area contributed by atoms with Crippen LogP contribution in [0.4, 0.5) is 11.4 Å². The zero-order chi connectivity index (χ0) is 11.7. The third-order valence-electron chi connectivity index (χ3n) is 2.18. The molecule has 0 unspecified atom stereocenters. The molecule has 16 heavy (non-hydrogen) atoms. The predicted octanol–water partition coefficient (Wildman–Crippen LogP) is 1.35. The minimum atomic E-state index is -0.501. The Labute approximate surface area is 91.3 Å². The first-order valence-corrected chi connectivity index (χ1v) is 4.60. The predicted molar refractivity (Wildman–Crippen MR) is 57.5 cm³/mol. The zero-order valence-corrected chi connectivity index (χ0v) is 8.34. The number of rotatable bonds is 2. The molecule has 0 saturated carbocycles. The zero-order valence-electron chi connectivity index (χ0n) is 8.34. The van der Waals surface area contributed by atoms with Gasteiger partial charge in [-0.15, -0.1) is 0 Å². The maximum Gasteiger partial charge on any atom is 0.271 e. The van der Waals surface area contributed by atoms with Crippen LogP contribution in [0.3, 0.4) is 0 Å². The molecule has 2 rings (SSSR count). The van der Waals surface area contributed by atoms with Crippen LogP contribution >= 0.6 is 0 Å². The molecule has 1 aliphatic rings. The molecule has 1 amide bonds. The summed E-state index contributed by atoms with van der Waals surface area (Å²) in [6, 6.07) is 5.86. The summed E-state index contributed by atoms with van der Waals surface area (Å²) in [4.78, 5) is 21.6. The molecule has 0 bridgehead atoms. The van der Waals surface area contributed by atoms with Crippen molar-refractivity contribution < 1.29 is 9.72 Å². The Kier molecular flexibility index (Phi) is 2.32. The Morgan fingerprint density at radius 2 is 2.25 bits per heavy atom. The molecular formula is C10H9N3O3. The van der Waals surface area contributed by atoms with Gasteiger partial charge in [-0.3, -0.25) is 20.3 Å². The first-order chi connectivity index (χ1) is 7.58. The fourth-order valence-corrected chi connectivity index (χ4v) is 1.48. The Hall–Kier alpha value is -2.37. The van der Waals surface area contributed by atoms with Gasteiger partial charge < -0.3 is 0 Å². The van der Waals surface area contributed by atoms with E-state index in [0.717, 1.165) is 0 Å². The highest BCUT2D eigenvalue weighted by atomic mass is 16.6. The van der Waals surface area contributed by atoms with Crippen LogP contribution in [-0.4, -0.2) is 10.8 Å². The number of nitrogens with zero attached hydrogens (tertiary/aromatic N) is 2. The summed E-state index contributed by atoms with van der Waals surface area (Å²) in [6.45, 7) is 3.63. The highest BCUT2D eigenvalue weighted by Crippen LogP contribution is 2.23. The molecule has 1 aliphatic heterocycles. The number of carbonyl (C=O) groups is 1. The van der Waals surface area contributed by atoms with Gasteiger partial charge in [-0.1, -0.05) is 12.6 Å². The Bertz CT molecular complexity index is 484. The Balaban J connectivity index is 2.34. The van der Waals surface area contributed by atoms with E-state index in [1.54, 1.807) is 6.07 Å². The second kappa shape index (κ2) is 3.65. The molecule has 1 N–H and O–H groups in total. The number of anilines is 1. The molecule has 82 valence electrons. The van der Waals surface area contributed by atoms with E-state index >= 15 is 0 Å². The van der Waals surface area contributed by atoms with Gasteiger partial charge in [0.25, 0.3) is 11.6 Å². The fourth-order valence-electron chi connectivity index (χ4n) is 1.48. The summed E-state index contributed by atoms with van der Waals surface area (Å²) < 4.78 is 0. The lowest BCUT2D eigenvalue weighted by Gasteiger charge is -2.15. The van der Waals surface area contributed by atoms with Crippen molar-refractivity contribution in [2.45, 2.75) is 6.42 Å². The van der Waals surface area contributed by atoms with E-state index in [2.05, 4.69) is 12.0 Å². The second-order valence-corrected chi connectivity index (χ2v) is 3.40. The number of nitrogens with one attached hydrogen (secondary N) is 1. The molecule has 0 aliphatic carbocycles. The minimum absolute atomic E-state index is 0.0513. The van der Waals surface area contributed by atoms with Crippen molar-refractivity contribution in [3.8, 4) is 0 Å². The molecule has 6 heteroatoms. The summed E-state index contributed by atoms with van der Waals surface area (Å²) in [6.07, 6.45) is 0.211. The molecule has 1 aromatic rings. The summed E-state index contributed by atoms with van der Waals surface area (Å²) in [5.41, 5.74) is 3.72. The van der Waals surface area contributed by atoms with Gasteiger partial charge in [0.15, 0.2) is 0 Å². The summed E-state index contributed by atoms with van der Waals surface area (Å²) in [5.74, 6) is -0.175. The third-order valence-corrected chi connectivity index (χ3v) is 2.18. The SMILES string of the molecule is C=C1CC(=O)N(c2cccc([N+](=O)[O-])c2)N1. The number of hydrogen-bond acceptors (Lipinski definition) is 4. The van der Waals surface area contributed by atoms with Gasteiger partial charge in [0.05, 0.1) is 17.0 Å². The van der Waals surface area contributed by atoms with Gasteiger partial charge in [-0.2, -0.15) is 0 Å². The summed E-state index contributed by atoms with van der Waals surface area (Å²) in [7, 11) is 0. The summed E-state index contributed by atoms with van der Waals surface area (Å²) >= 11 is 0. The Morgan fingerprint density at radius 3 is 2.81 bits per heavy atom. The second-order valence-electron chi connectivity index (χ2n) is 3.40. The van der Waals surface area contributed by atoms with Crippen LogP contribution in [-0.2, 0) is 4.79 Å². The van der Waals surface area contributed by atoms with E-state index in [1.807, 2.05) is 0 Å². The van der Waals surface area contributed by atoms with Crippen LogP contribution < -0.4 is 10.4 Å². The topological polar surface area (TPSA) is 75.5 Å². The van der Waals surface area contributed by atoms with Crippen molar-refractivity contribution in [3.05, 3.63) is 46.7 Å². The van der Waals surface area contributed by atoms with Crippen LogP contribution in [0.15, 0.2) is 36.5 Å². The number of hydrazine groups is 1. The van der Waals surface area contributed by atoms with Crippen LogP contribution in [0.1, 0.15) is 6.42 Å². The molecular weight excluding hydrogens is 210 g/mol. The van der Waals surface area contributed by atoms with Crippen LogP contribution in [0.5, 0.6) is 0 Å². The summed E-state index contributed by atoms with van der Waals surface area (Å²) in [5, 5.41) is 11.8. The molecule has 1 saturated heterocycles.